The van der Waals surface area contributed by atoms with Crippen molar-refractivity contribution in [2.75, 3.05) is 24.7 Å². The molecule has 0 aliphatic heterocycles. The number of hydrogen-bond acceptors (Lipinski definition) is 3. The summed E-state index contributed by atoms with van der Waals surface area (Å²) in [5, 5.41) is 2.23. The minimum Gasteiger partial charge on any atom is -0.336 e. The van der Waals surface area contributed by atoms with E-state index in [9.17, 15) is 22.8 Å². The fourth-order valence-corrected chi connectivity index (χ4v) is 3.38. The van der Waals surface area contributed by atoms with E-state index in [1.807, 2.05) is 24.3 Å². The van der Waals surface area contributed by atoms with Crippen LogP contribution in [-0.2, 0) is 15.8 Å². The van der Waals surface area contributed by atoms with Crippen molar-refractivity contribution < 1.29 is 22.8 Å². The van der Waals surface area contributed by atoms with E-state index in [1.165, 1.54) is 47.5 Å². The number of anilines is 1. The van der Waals surface area contributed by atoms with Gasteiger partial charge >= 0.3 is 6.18 Å². The van der Waals surface area contributed by atoms with Crippen molar-refractivity contribution in [2.24, 2.45) is 0 Å². The zero-order chi connectivity index (χ0) is 21.6. The van der Waals surface area contributed by atoms with Crippen LogP contribution in [0.2, 0.25) is 0 Å². The number of benzene rings is 2. The number of halogens is 3. The standard InChI is InChI=1S/C21H23F3N2O2S/c1-14(2)15-8-10-16(11-9-15)29-13-20(28)26(3)12-19(27)25-18-7-5-4-6-17(18)21(22,23)24/h4-11,14H,12-13H2,1-3H3,(H,25,27). The number of nitrogens with zero attached hydrogens (tertiary/aromatic N) is 1. The zero-order valence-electron chi connectivity index (χ0n) is 16.4. The Morgan fingerprint density at radius 2 is 1.69 bits per heavy atom. The van der Waals surface area contributed by atoms with E-state index in [2.05, 4.69) is 19.2 Å². The van der Waals surface area contributed by atoms with E-state index in [0.717, 1.165) is 11.0 Å². The Morgan fingerprint density at radius 3 is 2.28 bits per heavy atom. The van der Waals surface area contributed by atoms with Gasteiger partial charge in [-0.15, -0.1) is 11.8 Å². The highest BCUT2D eigenvalue weighted by Crippen LogP contribution is 2.34. The number of alkyl halides is 3. The fraction of sp³-hybridized carbons (Fsp3) is 0.333. The van der Waals surface area contributed by atoms with E-state index in [1.54, 1.807) is 0 Å². The molecule has 0 atom stereocenters. The molecule has 0 unspecified atom stereocenters. The summed E-state index contributed by atoms with van der Waals surface area (Å²) < 4.78 is 39.0. The van der Waals surface area contributed by atoms with E-state index >= 15 is 0 Å². The summed E-state index contributed by atoms with van der Waals surface area (Å²) in [4.78, 5) is 26.5. The SMILES string of the molecule is CC(C)c1ccc(SCC(=O)N(C)CC(=O)Nc2ccccc2C(F)(F)F)cc1. The van der Waals surface area contributed by atoms with Crippen LogP contribution in [-0.4, -0.2) is 36.1 Å². The summed E-state index contributed by atoms with van der Waals surface area (Å²) in [6, 6.07) is 12.6. The third kappa shape index (κ3) is 6.81. The minimum absolute atomic E-state index is 0.129. The maximum absolute atomic E-state index is 13.0. The van der Waals surface area contributed by atoms with Gasteiger partial charge in [-0.2, -0.15) is 13.2 Å². The molecule has 2 rings (SSSR count). The Hall–Kier alpha value is -2.48. The number of hydrogen-bond donors (Lipinski definition) is 1. The number of carbonyl (C=O) groups is 2. The average molecular weight is 424 g/mol. The molecule has 0 heterocycles. The number of nitrogens with one attached hydrogen (secondary N) is 1. The van der Waals surface area contributed by atoms with Crippen LogP contribution in [0.4, 0.5) is 18.9 Å². The van der Waals surface area contributed by atoms with Crippen LogP contribution >= 0.6 is 11.8 Å². The molecule has 0 aromatic heterocycles. The molecule has 0 fully saturated rings. The summed E-state index contributed by atoms with van der Waals surface area (Å²) in [6.07, 6.45) is -4.58. The van der Waals surface area contributed by atoms with Crippen LogP contribution in [0.15, 0.2) is 53.4 Å². The van der Waals surface area contributed by atoms with Gasteiger partial charge in [0.2, 0.25) is 11.8 Å². The molecule has 2 aromatic rings. The quantitative estimate of drug-likeness (QED) is 0.635. The fourth-order valence-electron chi connectivity index (χ4n) is 2.54. The first kappa shape index (κ1) is 22.8. The van der Waals surface area contributed by atoms with Crippen LogP contribution in [0.1, 0.15) is 30.9 Å². The van der Waals surface area contributed by atoms with Gasteiger partial charge in [0, 0.05) is 11.9 Å². The Kier molecular flexibility index (Phi) is 7.73. The summed E-state index contributed by atoms with van der Waals surface area (Å²) in [5.74, 6) is -0.432. The lowest BCUT2D eigenvalue weighted by Gasteiger charge is -2.18. The largest absolute Gasteiger partial charge is 0.418 e. The molecular weight excluding hydrogens is 401 g/mol. The molecule has 29 heavy (non-hydrogen) atoms. The highest BCUT2D eigenvalue weighted by atomic mass is 32.2. The summed E-state index contributed by atoms with van der Waals surface area (Å²) in [6.45, 7) is 3.86. The summed E-state index contributed by atoms with van der Waals surface area (Å²) in [5.41, 5.74) is -0.0539. The first-order chi connectivity index (χ1) is 13.6. The smallest absolute Gasteiger partial charge is 0.336 e. The number of likely N-dealkylation sites (N-methyl/N-ethyl adjacent to an activating group) is 1. The van der Waals surface area contributed by atoms with Crippen LogP contribution in [0.5, 0.6) is 0 Å². The number of amides is 2. The van der Waals surface area contributed by atoms with Gasteiger partial charge in [0.1, 0.15) is 0 Å². The number of rotatable bonds is 7. The lowest BCUT2D eigenvalue weighted by Crippen LogP contribution is -2.36. The topological polar surface area (TPSA) is 49.4 Å². The predicted molar refractivity (Wildman–Crippen MR) is 109 cm³/mol. The maximum Gasteiger partial charge on any atom is 0.418 e. The molecular formula is C21H23F3N2O2S. The summed E-state index contributed by atoms with van der Waals surface area (Å²) in [7, 11) is 1.44. The molecule has 0 spiro atoms. The molecule has 0 saturated carbocycles. The third-order valence-corrected chi connectivity index (χ3v) is 5.22. The van der Waals surface area contributed by atoms with Gasteiger partial charge in [-0.1, -0.05) is 38.1 Å². The van der Waals surface area contributed by atoms with E-state index in [4.69, 9.17) is 0 Å². The molecule has 0 bridgehead atoms. The number of para-hydroxylation sites is 1. The monoisotopic (exact) mass is 424 g/mol. The number of thioether (sulfide) groups is 1. The van der Waals surface area contributed by atoms with E-state index < -0.39 is 17.6 Å². The molecule has 0 saturated heterocycles. The molecule has 156 valence electrons. The normalized spacial score (nSPS) is 11.4. The van der Waals surface area contributed by atoms with Gasteiger partial charge in [-0.05, 0) is 35.7 Å². The van der Waals surface area contributed by atoms with Crippen molar-refractivity contribution in [2.45, 2.75) is 30.8 Å². The van der Waals surface area contributed by atoms with Gasteiger partial charge < -0.3 is 10.2 Å². The van der Waals surface area contributed by atoms with Gasteiger partial charge in [0.05, 0.1) is 23.5 Å². The molecule has 0 aliphatic rings. The van der Waals surface area contributed by atoms with Crippen molar-refractivity contribution in [1.29, 1.82) is 0 Å². The highest BCUT2D eigenvalue weighted by Gasteiger charge is 2.33. The molecule has 1 N–H and O–H groups in total. The Labute approximate surface area is 172 Å². The molecule has 8 heteroatoms. The molecule has 4 nitrogen and oxygen atoms in total. The zero-order valence-corrected chi connectivity index (χ0v) is 17.2. The van der Waals surface area contributed by atoms with Crippen LogP contribution in [0, 0.1) is 0 Å². The van der Waals surface area contributed by atoms with Gasteiger partial charge in [-0.25, -0.2) is 0 Å². The van der Waals surface area contributed by atoms with Crippen molar-refractivity contribution in [3.8, 4) is 0 Å². The minimum atomic E-state index is -4.58. The Bertz CT molecular complexity index is 852. The summed E-state index contributed by atoms with van der Waals surface area (Å²) >= 11 is 1.34. The van der Waals surface area contributed by atoms with Gasteiger partial charge in [-0.3, -0.25) is 9.59 Å². The first-order valence-electron chi connectivity index (χ1n) is 9.00. The second-order valence-corrected chi connectivity index (χ2v) is 7.90. The Morgan fingerprint density at radius 1 is 1.07 bits per heavy atom. The van der Waals surface area contributed by atoms with Gasteiger partial charge in [0.25, 0.3) is 0 Å². The van der Waals surface area contributed by atoms with E-state index in [0.29, 0.717) is 5.92 Å². The molecule has 0 radical (unpaired) electrons. The van der Waals surface area contributed by atoms with Crippen molar-refractivity contribution in [1.82, 2.24) is 4.90 Å². The van der Waals surface area contributed by atoms with Gasteiger partial charge in [0.15, 0.2) is 0 Å². The lowest BCUT2D eigenvalue weighted by molar-refractivity contribution is -0.137. The van der Waals surface area contributed by atoms with Crippen molar-refractivity contribution in [3.05, 3.63) is 59.7 Å². The molecule has 2 amide bonds. The number of carbonyl (C=O) groups excluding carboxylic acids is 2. The van der Waals surface area contributed by atoms with Crippen molar-refractivity contribution in [3.63, 3.8) is 0 Å². The average Bonchev–Trinajstić information content (AvgIpc) is 2.65. The molecule has 2 aromatic carbocycles. The van der Waals surface area contributed by atoms with E-state index in [-0.39, 0.29) is 23.9 Å². The van der Waals surface area contributed by atoms with Crippen LogP contribution in [0.3, 0.4) is 0 Å². The highest BCUT2D eigenvalue weighted by molar-refractivity contribution is 8.00. The first-order valence-corrected chi connectivity index (χ1v) is 9.99. The second kappa shape index (κ2) is 9.82. The third-order valence-electron chi connectivity index (χ3n) is 4.22. The maximum atomic E-state index is 13.0. The van der Waals surface area contributed by atoms with Crippen LogP contribution < -0.4 is 5.32 Å². The lowest BCUT2D eigenvalue weighted by atomic mass is 10.0. The predicted octanol–water partition coefficient (Wildman–Crippen LogP) is 5.02. The van der Waals surface area contributed by atoms with Crippen LogP contribution in [0.25, 0.3) is 0 Å². The second-order valence-electron chi connectivity index (χ2n) is 6.85. The van der Waals surface area contributed by atoms with Crippen molar-refractivity contribution >= 4 is 29.3 Å². The Balaban J connectivity index is 1.88. The molecule has 0 aliphatic carbocycles.